The van der Waals surface area contributed by atoms with Crippen molar-refractivity contribution in [3.05, 3.63) is 77.9 Å². The maximum atomic E-state index is 12.6. The molecule has 0 unspecified atom stereocenters. The first-order valence-electron chi connectivity index (χ1n) is 8.78. The SMILES string of the molecule is COc1ccc(OC)c(NC(=O)c2cc(C(=O)NCc3ccccn3)ccn2)c1. The number of carbonyl (C=O) groups excluding carboxylic acids is 2. The summed E-state index contributed by atoms with van der Waals surface area (Å²) in [6.07, 6.45) is 3.07. The van der Waals surface area contributed by atoms with E-state index in [0.29, 0.717) is 22.7 Å². The number of nitrogens with zero attached hydrogens (tertiary/aromatic N) is 2. The Labute approximate surface area is 167 Å². The number of hydrogen-bond donors (Lipinski definition) is 2. The highest BCUT2D eigenvalue weighted by molar-refractivity contribution is 6.05. The topological polar surface area (TPSA) is 102 Å². The molecule has 1 aromatic carbocycles. The summed E-state index contributed by atoms with van der Waals surface area (Å²) in [6.45, 7) is 0.282. The van der Waals surface area contributed by atoms with Gasteiger partial charge in [0, 0.05) is 24.0 Å². The Bertz CT molecular complexity index is 1010. The summed E-state index contributed by atoms with van der Waals surface area (Å²) >= 11 is 0. The molecule has 0 atom stereocenters. The van der Waals surface area contributed by atoms with Gasteiger partial charge in [0.15, 0.2) is 0 Å². The number of hydrogen-bond acceptors (Lipinski definition) is 6. The van der Waals surface area contributed by atoms with Crippen LogP contribution in [0, 0.1) is 0 Å². The molecule has 2 aromatic heterocycles. The number of nitrogens with one attached hydrogen (secondary N) is 2. The monoisotopic (exact) mass is 392 g/mol. The average molecular weight is 392 g/mol. The van der Waals surface area contributed by atoms with E-state index in [1.807, 2.05) is 12.1 Å². The van der Waals surface area contributed by atoms with Crippen LogP contribution in [-0.4, -0.2) is 36.0 Å². The third-order valence-corrected chi connectivity index (χ3v) is 4.07. The third kappa shape index (κ3) is 5.07. The quantitative estimate of drug-likeness (QED) is 0.641. The van der Waals surface area contributed by atoms with Crippen LogP contribution in [0.4, 0.5) is 5.69 Å². The molecule has 148 valence electrons. The molecule has 0 aliphatic rings. The largest absolute Gasteiger partial charge is 0.497 e. The molecular weight excluding hydrogens is 372 g/mol. The zero-order chi connectivity index (χ0) is 20.6. The van der Waals surface area contributed by atoms with Gasteiger partial charge in [-0.05, 0) is 36.4 Å². The second-order valence-corrected chi connectivity index (χ2v) is 5.95. The van der Waals surface area contributed by atoms with Gasteiger partial charge in [-0.25, -0.2) is 0 Å². The van der Waals surface area contributed by atoms with Crippen molar-refractivity contribution in [2.75, 3.05) is 19.5 Å². The number of pyridine rings is 2. The summed E-state index contributed by atoms with van der Waals surface area (Å²) in [5.74, 6) is 0.238. The lowest BCUT2D eigenvalue weighted by Gasteiger charge is -2.12. The molecule has 8 nitrogen and oxygen atoms in total. The zero-order valence-electron chi connectivity index (χ0n) is 16.0. The summed E-state index contributed by atoms with van der Waals surface area (Å²) in [5, 5.41) is 5.50. The van der Waals surface area contributed by atoms with Gasteiger partial charge in [0.1, 0.15) is 17.2 Å². The van der Waals surface area contributed by atoms with Gasteiger partial charge in [0.05, 0.1) is 32.1 Å². The molecule has 3 aromatic rings. The summed E-state index contributed by atoms with van der Waals surface area (Å²) in [5.41, 5.74) is 1.58. The average Bonchev–Trinajstić information content (AvgIpc) is 2.78. The molecule has 2 amide bonds. The lowest BCUT2D eigenvalue weighted by atomic mass is 10.2. The molecule has 0 fully saturated rings. The van der Waals surface area contributed by atoms with Crippen LogP contribution < -0.4 is 20.1 Å². The van der Waals surface area contributed by atoms with Gasteiger partial charge < -0.3 is 20.1 Å². The van der Waals surface area contributed by atoms with E-state index in [0.717, 1.165) is 5.69 Å². The molecule has 2 N–H and O–H groups in total. The smallest absolute Gasteiger partial charge is 0.274 e. The van der Waals surface area contributed by atoms with Crippen molar-refractivity contribution in [2.24, 2.45) is 0 Å². The van der Waals surface area contributed by atoms with E-state index in [9.17, 15) is 9.59 Å². The minimum Gasteiger partial charge on any atom is -0.497 e. The van der Waals surface area contributed by atoms with Gasteiger partial charge in [0.2, 0.25) is 0 Å². The van der Waals surface area contributed by atoms with E-state index in [1.54, 1.807) is 30.5 Å². The van der Waals surface area contributed by atoms with Crippen LogP contribution in [-0.2, 0) is 6.54 Å². The number of benzene rings is 1. The maximum absolute atomic E-state index is 12.6. The van der Waals surface area contributed by atoms with E-state index in [2.05, 4.69) is 20.6 Å². The van der Waals surface area contributed by atoms with Crippen molar-refractivity contribution >= 4 is 17.5 Å². The van der Waals surface area contributed by atoms with Crippen molar-refractivity contribution in [1.82, 2.24) is 15.3 Å². The third-order valence-electron chi connectivity index (χ3n) is 4.07. The molecule has 3 rings (SSSR count). The Morgan fingerprint density at radius 2 is 1.79 bits per heavy atom. The number of methoxy groups -OCH3 is 2. The minimum atomic E-state index is -0.476. The fourth-order valence-corrected chi connectivity index (χ4v) is 2.57. The lowest BCUT2D eigenvalue weighted by molar-refractivity contribution is 0.0950. The first-order chi connectivity index (χ1) is 14.1. The second-order valence-electron chi connectivity index (χ2n) is 5.95. The summed E-state index contributed by atoms with van der Waals surface area (Å²) in [6, 6.07) is 13.5. The number of amides is 2. The van der Waals surface area contributed by atoms with Gasteiger partial charge in [-0.2, -0.15) is 0 Å². The van der Waals surface area contributed by atoms with Crippen LogP contribution in [0.15, 0.2) is 60.9 Å². The maximum Gasteiger partial charge on any atom is 0.274 e. The molecule has 0 bridgehead atoms. The molecule has 0 saturated carbocycles. The highest BCUT2D eigenvalue weighted by Crippen LogP contribution is 2.29. The molecule has 0 aliphatic carbocycles. The Kier molecular flexibility index (Phi) is 6.36. The van der Waals surface area contributed by atoms with Crippen molar-refractivity contribution in [1.29, 1.82) is 0 Å². The van der Waals surface area contributed by atoms with Crippen LogP contribution >= 0.6 is 0 Å². The molecule has 8 heteroatoms. The first kappa shape index (κ1) is 19.8. The molecular formula is C21H20N4O4. The minimum absolute atomic E-state index is 0.0976. The summed E-state index contributed by atoms with van der Waals surface area (Å²) < 4.78 is 10.4. The second kappa shape index (κ2) is 9.32. The number of ether oxygens (including phenoxy) is 2. The number of aromatic nitrogens is 2. The highest BCUT2D eigenvalue weighted by Gasteiger charge is 2.15. The number of anilines is 1. The Morgan fingerprint density at radius 3 is 2.52 bits per heavy atom. The van der Waals surface area contributed by atoms with Gasteiger partial charge in [-0.1, -0.05) is 6.07 Å². The van der Waals surface area contributed by atoms with E-state index >= 15 is 0 Å². The molecule has 0 saturated heterocycles. The Balaban J connectivity index is 1.72. The van der Waals surface area contributed by atoms with E-state index < -0.39 is 5.91 Å². The first-order valence-corrected chi connectivity index (χ1v) is 8.78. The van der Waals surface area contributed by atoms with Crippen molar-refractivity contribution in [3.8, 4) is 11.5 Å². The van der Waals surface area contributed by atoms with E-state index in [1.165, 1.54) is 32.5 Å². The van der Waals surface area contributed by atoms with Crippen LogP contribution in [0.5, 0.6) is 11.5 Å². The summed E-state index contributed by atoms with van der Waals surface area (Å²) in [4.78, 5) is 33.2. The van der Waals surface area contributed by atoms with Crippen LogP contribution in [0.25, 0.3) is 0 Å². The molecule has 2 heterocycles. The number of carbonyl (C=O) groups is 2. The lowest BCUT2D eigenvalue weighted by Crippen LogP contribution is -2.24. The fraction of sp³-hybridized carbons (Fsp3) is 0.143. The van der Waals surface area contributed by atoms with Crippen molar-refractivity contribution < 1.29 is 19.1 Å². The Hall–Kier alpha value is -3.94. The van der Waals surface area contributed by atoms with Crippen LogP contribution in [0.2, 0.25) is 0 Å². The molecule has 29 heavy (non-hydrogen) atoms. The van der Waals surface area contributed by atoms with Crippen molar-refractivity contribution in [2.45, 2.75) is 6.54 Å². The highest BCUT2D eigenvalue weighted by atomic mass is 16.5. The van der Waals surface area contributed by atoms with Gasteiger partial charge in [-0.3, -0.25) is 19.6 Å². The fourth-order valence-electron chi connectivity index (χ4n) is 2.57. The zero-order valence-corrected chi connectivity index (χ0v) is 16.0. The summed E-state index contributed by atoms with van der Waals surface area (Å²) in [7, 11) is 3.03. The number of rotatable bonds is 7. The molecule has 0 aliphatic heterocycles. The van der Waals surface area contributed by atoms with Crippen LogP contribution in [0.3, 0.4) is 0 Å². The van der Waals surface area contributed by atoms with E-state index in [-0.39, 0.29) is 18.1 Å². The van der Waals surface area contributed by atoms with Gasteiger partial charge in [-0.15, -0.1) is 0 Å². The van der Waals surface area contributed by atoms with Gasteiger partial charge in [0.25, 0.3) is 11.8 Å². The Morgan fingerprint density at radius 1 is 0.931 bits per heavy atom. The van der Waals surface area contributed by atoms with Crippen molar-refractivity contribution in [3.63, 3.8) is 0 Å². The van der Waals surface area contributed by atoms with Gasteiger partial charge >= 0.3 is 0 Å². The van der Waals surface area contributed by atoms with E-state index in [4.69, 9.17) is 9.47 Å². The normalized spacial score (nSPS) is 10.1. The van der Waals surface area contributed by atoms with Crippen LogP contribution in [0.1, 0.15) is 26.5 Å². The predicted octanol–water partition coefficient (Wildman–Crippen LogP) is 2.68. The predicted molar refractivity (Wildman–Crippen MR) is 107 cm³/mol. The standard InChI is InChI=1S/C21H20N4O4/c1-28-16-6-7-19(29-2)17(12-16)25-21(27)18-11-14(8-10-23-18)20(26)24-13-15-5-3-4-9-22-15/h3-12H,13H2,1-2H3,(H,24,26)(H,25,27). The molecule has 0 spiro atoms. The molecule has 0 radical (unpaired) electrons.